The molecule has 0 saturated carbocycles. The van der Waals surface area contributed by atoms with Gasteiger partial charge in [-0.3, -0.25) is 4.79 Å². The van der Waals surface area contributed by atoms with E-state index in [1.165, 1.54) is 0 Å². The fourth-order valence-corrected chi connectivity index (χ4v) is 2.06. The summed E-state index contributed by atoms with van der Waals surface area (Å²) < 4.78 is 5.31. The van der Waals surface area contributed by atoms with Gasteiger partial charge in [-0.2, -0.15) is 0 Å². The van der Waals surface area contributed by atoms with Crippen LogP contribution >= 0.6 is 0 Å². The van der Waals surface area contributed by atoms with Gasteiger partial charge in [0.2, 0.25) is 0 Å². The molecule has 0 saturated heterocycles. The van der Waals surface area contributed by atoms with Crippen molar-refractivity contribution in [3.05, 3.63) is 28.8 Å². The van der Waals surface area contributed by atoms with Crippen molar-refractivity contribution in [2.45, 2.75) is 26.4 Å². The zero-order valence-electron chi connectivity index (χ0n) is 11.6. The van der Waals surface area contributed by atoms with E-state index in [4.69, 9.17) is 9.84 Å². The molecule has 106 valence electrons. The van der Waals surface area contributed by atoms with Crippen LogP contribution in [-0.2, 0) is 4.79 Å². The molecule has 5 heteroatoms. The summed E-state index contributed by atoms with van der Waals surface area (Å²) in [5.41, 5.74) is 2.75. The molecule has 0 spiro atoms. The molecule has 1 atom stereocenters. The van der Waals surface area contributed by atoms with E-state index in [9.17, 15) is 9.90 Å². The van der Waals surface area contributed by atoms with Crippen LogP contribution < -0.4 is 10.1 Å². The molecule has 1 aromatic rings. The van der Waals surface area contributed by atoms with Gasteiger partial charge < -0.3 is 20.3 Å². The van der Waals surface area contributed by atoms with Crippen LogP contribution in [0.2, 0.25) is 0 Å². The van der Waals surface area contributed by atoms with E-state index in [2.05, 4.69) is 5.32 Å². The molecule has 5 nitrogen and oxygen atoms in total. The number of hydrogen-bond acceptors (Lipinski definition) is 4. The van der Waals surface area contributed by atoms with Crippen LogP contribution in [0.15, 0.2) is 12.1 Å². The third-order valence-corrected chi connectivity index (χ3v) is 2.86. The number of methoxy groups -OCH3 is 1. The standard InChI is InChI=1S/C14H21NO4/c1-9-6-10(2)14(19-3)11(7-9)12(16)8-15-5-4-13(17)18/h6-7,12,15-16H,4-5,8H2,1-3H3,(H,17,18). The Morgan fingerprint density at radius 2 is 2.11 bits per heavy atom. The molecule has 0 aliphatic rings. The second kappa shape index (κ2) is 7.11. The molecular weight excluding hydrogens is 246 g/mol. The summed E-state index contributed by atoms with van der Waals surface area (Å²) in [6.07, 6.45) is -0.682. The van der Waals surface area contributed by atoms with Gasteiger partial charge in [0.05, 0.1) is 19.6 Å². The van der Waals surface area contributed by atoms with Gasteiger partial charge in [0.1, 0.15) is 5.75 Å². The maximum absolute atomic E-state index is 10.4. The van der Waals surface area contributed by atoms with E-state index >= 15 is 0 Å². The Morgan fingerprint density at radius 3 is 2.68 bits per heavy atom. The minimum atomic E-state index is -0.856. The number of rotatable bonds is 7. The van der Waals surface area contributed by atoms with Gasteiger partial charge in [0, 0.05) is 18.7 Å². The summed E-state index contributed by atoms with van der Waals surface area (Å²) in [6.45, 7) is 4.52. The molecule has 0 amide bonds. The normalized spacial score (nSPS) is 12.2. The largest absolute Gasteiger partial charge is 0.496 e. The fraction of sp³-hybridized carbons (Fsp3) is 0.500. The summed E-state index contributed by atoms with van der Waals surface area (Å²) >= 11 is 0. The molecule has 0 radical (unpaired) electrons. The molecule has 0 aromatic heterocycles. The highest BCUT2D eigenvalue weighted by Crippen LogP contribution is 2.29. The molecule has 0 bridgehead atoms. The Labute approximate surface area is 113 Å². The van der Waals surface area contributed by atoms with Gasteiger partial charge in [0.25, 0.3) is 0 Å². The average Bonchev–Trinajstić information content (AvgIpc) is 2.33. The van der Waals surface area contributed by atoms with Crippen LogP contribution in [0.25, 0.3) is 0 Å². The number of aliphatic carboxylic acids is 1. The van der Waals surface area contributed by atoms with Gasteiger partial charge in [-0.1, -0.05) is 11.6 Å². The van der Waals surface area contributed by atoms with Crippen molar-refractivity contribution in [2.75, 3.05) is 20.2 Å². The number of aliphatic hydroxyl groups is 1. The first-order chi connectivity index (χ1) is 8.95. The Balaban J connectivity index is 2.70. The second-order valence-corrected chi connectivity index (χ2v) is 4.57. The first-order valence-corrected chi connectivity index (χ1v) is 6.21. The number of ether oxygens (including phenoxy) is 1. The Bertz CT molecular complexity index is 445. The fourth-order valence-electron chi connectivity index (χ4n) is 2.06. The Hall–Kier alpha value is -1.59. The van der Waals surface area contributed by atoms with E-state index in [-0.39, 0.29) is 6.42 Å². The first kappa shape index (κ1) is 15.5. The SMILES string of the molecule is COc1c(C)cc(C)cc1C(O)CNCCC(=O)O. The monoisotopic (exact) mass is 267 g/mol. The summed E-state index contributed by atoms with van der Waals surface area (Å²) in [7, 11) is 1.58. The predicted molar refractivity (Wildman–Crippen MR) is 72.6 cm³/mol. The molecule has 1 unspecified atom stereocenters. The maximum Gasteiger partial charge on any atom is 0.304 e. The lowest BCUT2D eigenvalue weighted by molar-refractivity contribution is -0.136. The van der Waals surface area contributed by atoms with Crippen LogP contribution in [0.5, 0.6) is 5.75 Å². The lowest BCUT2D eigenvalue weighted by Gasteiger charge is -2.18. The van der Waals surface area contributed by atoms with E-state index in [0.29, 0.717) is 18.8 Å². The van der Waals surface area contributed by atoms with Crippen molar-refractivity contribution in [1.29, 1.82) is 0 Å². The van der Waals surface area contributed by atoms with E-state index in [1.807, 2.05) is 26.0 Å². The number of carbonyl (C=O) groups is 1. The van der Waals surface area contributed by atoms with Gasteiger partial charge in [-0.05, 0) is 25.5 Å². The molecule has 0 aliphatic carbocycles. The van der Waals surface area contributed by atoms with Crippen molar-refractivity contribution in [2.24, 2.45) is 0 Å². The molecule has 0 heterocycles. The summed E-state index contributed by atoms with van der Waals surface area (Å²) in [5.74, 6) is -0.177. The van der Waals surface area contributed by atoms with Crippen molar-refractivity contribution < 1.29 is 19.7 Å². The molecule has 1 rings (SSSR count). The van der Waals surface area contributed by atoms with Gasteiger partial charge in [-0.15, -0.1) is 0 Å². The maximum atomic E-state index is 10.4. The lowest BCUT2D eigenvalue weighted by Crippen LogP contribution is -2.24. The molecular formula is C14H21NO4. The van der Waals surface area contributed by atoms with Crippen molar-refractivity contribution >= 4 is 5.97 Å². The second-order valence-electron chi connectivity index (χ2n) is 4.57. The quantitative estimate of drug-likeness (QED) is 0.651. The summed E-state index contributed by atoms with van der Waals surface area (Å²) in [4.78, 5) is 10.4. The number of benzene rings is 1. The highest BCUT2D eigenvalue weighted by Gasteiger charge is 2.15. The van der Waals surface area contributed by atoms with Crippen molar-refractivity contribution in [1.82, 2.24) is 5.32 Å². The van der Waals surface area contributed by atoms with E-state index in [0.717, 1.165) is 16.7 Å². The van der Waals surface area contributed by atoms with Gasteiger partial charge >= 0.3 is 5.97 Å². The highest BCUT2D eigenvalue weighted by atomic mass is 16.5. The van der Waals surface area contributed by atoms with Gasteiger partial charge in [-0.25, -0.2) is 0 Å². The smallest absolute Gasteiger partial charge is 0.304 e. The van der Waals surface area contributed by atoms with E-state index < -0.39 is 12.1 Å². The number of carboxylic acids is 1. The van der Waals surface area contributed by atoms with Gasteiger partial charge in [0.15, 0.2) is 0 Å². The third-order valence-electron chi connectivity index (χ3n) is 2.86. The van der Waals surface area contributed by atoms with Crippen LogP contribution in [0.3, 0.4) is 0 Å². The third kappa shape index (κ3) is 4.54. The molecule has 0 fully saturated rings. The number of carboxylic acid groups (broad SMARTS) is 1. The minimum Gasteiger partial charge on any atom is -0.496 e. The summed E-state index contributed by atoms with van der Waals surface area (Å²) in [6, 6.07) is 3.88. The Morgan fingerprint density at radius 1 is 1.42 bits per heavy atom. The minimum absolute atomic E-state index is 0.0384. The summed E-state index contributed by atoms with van der Waals surface area (Å²) in [5, 5.41) is 21.6. The van der Waals surface area contributed by atoms with Crippen LogP contribution in [0.4, 0.5) is 0 Å². The topological polar surface area (TPSA) is 78.8 Å². The van der Waals surface area contributed by atoms with Crippen LogP contribution in [0, 0.1) is 13.8 Å². The zero-order valence-corrected chi connectivity index (χ0v) is 11.6. The van der Waals surface area contributed by atoms with E-state index in [1.54, 1.807) is 7.11 Å². The zero-order chi connectivity index (χ0) is 14.4. The molecule has 19 heavy (non-hydrogen) atoms. The number of nitrogens with one attached hydrogen (secondary N) is 1. The number of aliphatic hydroxyl groups excluding tert-OH is 1. The van der Waals surface area contributed by atoms with Crippen LogP contribution in [0.1, 0.15) is 29.2 Å². The molecule has 0 aliphatic heterocycles. The number of aryl methyl sites for hydroxylation is 2. The van der Waals surface area contributed by atoms with Crippen molar-refractivity contribution in [3.63, 3.8) is 0 Å². The Kier molecular flexibility index (Phi) is 5.79. The number of hydrogen-bond donors (Lipinski definition) is 3. The van der Waals surface area contributed by atoms with Crippen molar-refractivity contribution in [3.8, 4) is 5.75 Å². The molecule has 1 aromatic carbocycles. The predicted octanol–water partition coefficient (Wildman–Crippen LogP) is 1.41. The lowest BCUT2D eigenvalue weighted by atomic mass is 10.0. The first-order valence-electron chi connectivity index (χ1n) is 6.21. The average molecular weight is 267 g/mol. The molecule has 3 N–H and O–H groups in total. The highest BCUT2D eigenvalue weighted by molar-refractivity contribution is 5.66. The van der Waals surface area contributed by atoms with Crippen LogP contribution in [-0.4, -0.2) is 36.4 Å².